The first kappa shape index (κ1) is 23.5. The topological polar surface area (TPSA) is 125 Å². The van der Waals surface area contributed by atoms with E-state index in [0.717, 1.165) is 31.2 Å². The van der Waals surface area contributed by atoms with Gasteiger partial charge < -0.3 is 30.7 Å². The van der Waals surface area contributed by atoms with Crippen LogP contribution in [-0.2, 0) is 14.4 Å². The highest BCUT2D eigenvalue weighted by atomic mass is 16.5. The molecule has 0 aromatic heterocycles. The van der Waals surface area contributed by atoms with Gasteiger partial charge in [-0.1, -0.05) is 18.6 Å². The van der Waals surface area contributed by atoms with E-state index >= 15 is 0 Å². The number of hydrogen-bond donors (Lipinski definition) is 3. The van der Waals surface area contributed by atoms with E-state index in [9.17, 15) is 14.4 Å². The first-order valence-electron chi connectivity index (χ1n) is 12.0. The van der Waals surface area contributed by atoms with Crippen molar-refractivity contribution in [1.29, 1.82) is 0 Å². The van der Waals surface area contributed by atoms with Crippen molar-refractivity contribution in [1.82, 2.24) is 15.1 Å². The third-order valence-corrected chi connectivity index (χ3v) is 6.93. The molecule has 3 heterocycles. The quantitative estimate of drug-likeness (QED) is 0.440. The molecule has 0 bridgehead atoms. The molecule has 1 aromatic rings. The molecular formula is C24H34N4O5. The number of unbranched alkanes of at least 4 members (excludes halogenated alkanes) is 2. The molecule has 33 heavy (non-hydrogen) atoms. The molecule has 180 valence electrons. The van der Waals surface area contributed by atoms with E-state index in [-0.39, 0.29) is 30.9 Å². The molecule has 0 unspecified atom stereocenters. The van der Waals surface area contributed by atoms with E-state index in [2.05, 4.69) is 5.32 Å². The Hall–Kier alpha value is -2.65. The van der Waals surface area contributed by atoms with Gasteiger partial charge in [-0.3, -0.25) is 14.4 Å². The Morgan fingerprint density at radius 3 is 2.82 bits per heavy atom. The summed E-state index contributed by atoms with van der Waals surface area (Å²) in [5.74, 6) is -0.214. The van der Waals surface area contributed by atoms with Crippen molar-refractivity contribution < 1.29 is 24.2 Å². The second-order valence-corrected chi connectivity index (χ2v) is 9.02. The summed E-state index contributed by atoms with van der Waals surface area (Å²) in [6, 6.07) is 5.70. The standard InChI is InChI=1S/C24H34N4O5/c25-9-2-1-3-10-26-22(30)18-15-20-23(31)27-11-5-8-19(27)24(32)28(20)21(18)16-6-4-7-17(14-16)33-13-12-29/h4,6-7,14,18-21,29H,1-3,5,8-13,15,25H2,(H,26,30)/t18-,19-,20-,21-/m0/s1. The molecule has 1 aromatic carbocycles. The van der Waals surface area contributed by atoms with Gasteiger partial charge in [-0.15, -0.1) is 0 Å². The van der Waals surface area contributed by atoms with Crippen molar-refractivity contribution in [2.24, 2.45) is 11.7 Å². The summed E-state index contributed by atoms with van der Waals surface area (Å²) < 4.78 is 5.57. The van der Waals surface area contributed by atoms with Crippen molar-refractivity contribution in [2.75, 3.05) is 32.8 Å². The number of rotatable bonds is 10. The SMILES string of the molecule is NCCCCCNC(=O)[C@H]1C[C@H]2C(=O)N3CCC[C@H]3C(=O)N2[C@H]1c1cccc(OCCO)c1. The van der Waals surface area contributed by atoms with E-state index in [1.807, 2.05) is 18.2 Å². The molecule has 4 rings (SSSR count). The third-order valence-electron chi connectivity index (χ3n) is 6.93. The molecule has 0 saturated carbocycles. The molecule has 0 aliphatic carbocycles. The molecule has 4 N–H and O–H groups in total. The van der Waals surface area contributed by atoms with Crippen LogP contribution in [-0.4, -0.2) is 77.6 Å². The fourth-order valence-electron chi connectivity index (χ4n) is 5.42. The fraction of sp³-hybridized carbons (Fsp3) is 0.625. The van der Waals surface area contributed by atoms with E-state index in [0.29, 0.717) is 38.2 Å². The average Bonchev–Trinajstić information content (AvgIpc) is 3.47. The number of aliphatic hydroxyl groups is 1. The second kappa shape index (κ2) is 10.5. The Morgan fingerprint density at radius 1 is 1.18 bits per heavy atom. The van der Waals surface area contributed by atoms with Crippen molar-refractivity contribution in [3.05, 3.63) is 29.8 Å². The number of nitrogens with zero attached hydrogens (tertiary/aromatic N) is 2. The molecule has 3 aliphatic heterocycles. The van der Waals surface area contributed by atoms with E-state index < -0.39 is 24.0 Å². The van der Waals surface area contributed by atoms with Crippen molar-refractivity contribution in [3.63, 3.8) is 0 Å². The number of nitrogens with two attached hydrogens (primary N) is 1. The zero-order chi connectivity index (χ0) is 23.4. The van der Waals surface area contributed by atoms with E-state index in [1.165, 1.54) is 0 Å². The fourth-order valence-corrected chi connectivity index (χ4v) is 5.42. The lowest BCUT2D eigenvalue weighted by atomic mass is 9.92. The van der Waals surface area contributed by atoms with Crippen LogP contribution >= 0.6 is 0 Å². The summed E-state index contributed by atoms with van der Waals surface area (Å²) in [6.45, 7) is 1.82. The zero-order valence-corrected chi connectivity index (χ0v) is 18.9. The summed E-state index contributed by atoms with van der Waals surface area (Å²) in [5, 5.41) is 12.1. The number of fused-ring (bicyclic) bond motifs is 2. The minimum absolute atomic E-state index is 0.0481. The average molecular weight is 459 g/mol. The Morgan fingerprint density at radius 2 is 2.03 bits per heavy atom. The van der Waals surface area contributed by atoms with E-state index in [4.69, 9.17) is 15.6 Å². The molecule has 3 fully saturated rings. The van der Waals surface area contributed by atoms with Crippen LogP contribution in [0.4, 0.5) is 0 Å². The molecule has 3 aliphatic rings. The maximum atomic E-state index is 13.5. The van der Waals surface area contributed by atoms with Crippen molar-refractivity contribution in [3.8, 4) is 5.75 Å². The highest BCUT2D eigenvalue weighted by molar-refractivity contribution is 5.99. The number of piperazine rings is 1. The van der Waals surface area contributed by atoms with Gasteiger partial charge >= 0.3 is 0 Å². The van der Waals surface area contributed by atoms with Gasteiger partial charge in [-0.05, 0) is 56.3 Å². The number of carbonyl (C=O) groups excluding carboxylic acids is 3. The zero-order valence-electron chi connectivity index (χ0n) is 18.9. The Balaban J connectivity index is 1.60. The number of aliphatic hydroxyl groups excluding tert-OH is 1. The number of ether oxygens (including phenoxy) is 1. The third kappa shape index (κ3) is 4.70. The molecule has 3 amide bonds. The van der Waals surface area contributed by atoms with Crippen LogP contribution in [0.3, 0.4) is 0 Å². The second-order valence-electron chi connectivity index (χ2n) is 9.02. The molecule has 4 atom stereocenters. The van der Waals surface area contributed by atoms with Crippen molar-refractivity contribution >= 4 is 17.7 Å². The van der Waals surface area contributed by atoms with Gasteiger partial charge in [0.25, 0.3) is 0 Å². The Labute approximate surface area is 194 Å². The molecule has 0 spiro atoms. The van der Waals surface area contributed by atoms with Gasteiger partial charge in [0.2, 0.25) is 17.7 Å². The lowest BCUT2D eigenvalue weighted by Gasteiger charge is -2.41. The smallest absolute Gasteiger partial charge is 0.246 e. The number of nitrogens with one attached hydrogen (secondary N) is 1. The highest BCUT2D eigenvalue weighted by Crippen LogP contribution is 2.46. The summed E-state index contributed by atoms with van der Waals surface area (Å²) in [6.07, 6.45) is 4.50. The van der Waals surface area contributed by atoms with Crippen LogP contribution in [0.15, 0.2) is 24.3 Å². The normalized spacial score (nSPS) is 26.4. The Kier molecular flexibility index (Phi) is 7.49. The number of amides is 3. The first-order valence-corrected chi connectivity index (χ1v) is 12.0. The number of benzene rings is 1. The van der Waals surface area contributed by atoms with Crippen LogP contribution in [0.1, 0.15) is 50.1 Å². The summed E-state index contributed by atoms with van der Waals surface area (Å²) in [4.78, 5) is 43.4. The van der Waals surface area contributed by atoms with Gasteiger partial charge in [0.15, 0.2) is 0 Å². The van der Waals surface area contributed by atoms with Crippen molar-refractivity contribution in [2.45, 2.75) is 56.7 Å². The van der Waals surface area contributed by atoms with Gasteiger partial charge in [-0.2, -0.15) is 0 Å². The summed E-state index contributed by atoms with van der Waals surface area (Å²) in [5.41, 5.74) is 6.31. The monoisotopic (exact) mass is 458 g/mol. The predicted octanol–water partition coefficient (Wildman–Crippen LogP) is 0.566. The highest BCUT2D eigenvalue weighted by Gasteiger charge is 2.57. The lowest BCUT2D eigenvalue weighted by molar-refractivity contribution is -0.159. The lowest BCUT2D eigenvalue weighted by Crippen LogP contribution is -2.60. The van der Waals surface area contributed by atoms with Gasteiger partial charge in [-0.25, -0.2) is 0 Å². The van der Waals surface area contributed by atoms with Crippen LogP contribution in [0.5, 0.6) is 5.75 Å². The molecule has 3 saturated heterocycles. The minimum Gasteiger partial charge on any atom is -0.491 e. The van der Waals surface area contributed by atoms with Gasteiger partial charge in [0, 0.05) is 13.1 Å². The first-order chi connectivity index (χ1) is 16.1. The Bertz CT molecular complexity index is 878. The van der Waals surface area contributed by atoms with Gasteiger partial charge in [0.05, 0.1) is 18.6 Å². The van der Waals surface area contributed by atoms with Crippen LogP contribution in [0, 0.1) is 5.92 Å². The molecule has 0 radical (unpaired) electrons. The minimum atomic E-state index is -0.619. The molecule has 9 nitrogen and oxygen atoms in total. The number of hydrogen-bond acceptors (Lipinski definition) is 6. The largest absolute Gasteiger partial charge is 0.491 e. The summed E-state index contributed by atoms with van der Waals surface area (Å²) >= 11 is 0. The van der Waals surface area contributed by atoms with E-state index in [1.54, 1.807) is 15.9 Å². The van der Waals surface area contributed by atoms with Crippen LogP contribution in [0.2, 0.25) is 0 Å². The molecular weight excluding hydrogens is 424 g/mol. The summed E-state index contributed by atoms with van der Waals surface area (Å²) in [7, 11) is 0. The van der Waals surface area contributed by atoms with Crippen LogP contribution in [0.25, 0.3) is 0 Å². The predicted molar refractivity (Wildman–Crippen MR) is 121 cm³/mol. The maximum absolute atomic E-state index is 13.5. The maximum Gasteiger partial charge on any atom is 0.246 e. The number of carbonyl (C=O) groups is 3. The van der Waals surface area contributed by atoms with Gasteiger partial charge in [0.1, 0.15) is 24.4 Å². The molecule has 9 heteroatoms. The van der Waals surface area contributed by atoms with Crippen LogP contribution < -0.4 is 15.8 Å².